The summed E-state index contributed by atoms with van der Waals surface area (Å²) in [4.78, 5) is 29.9. The van der Waals surface area contributed by atoms with Crippen molar-refractivity contribution in [3.8, 4) is 0 Å². The van der Waals surface area contributed by atoms with Crippen molar-refractivity contribution in [2.45, 2.75) is 11.3 Å². The Morgan fingerprint density at radius 2 is 1.89 bits per heavy atom. The van der Waals surface area contributed by atoms with Crippen LogP contribution in [0, 0.1) is 0 Å². The third-order valence-corrected chi connectivity index (χ3v) is 5.76. The van der Waals surface area contributed by atoms with Gasteiger partial charge in [0.1, 0.15) is 0 Å². The molecule has 0 atom stereocenters. The molecule has 2 aromatic carbocycles. The van der Waals surface area contributed by atoms with Gasteiger partial charge in [-0.05, 0) is 37.2 Å². The molecule has 0 spiro atoms. The molecule has 0 aliphatic carbocycles. The molecule has 0 aromatic heterocycles. The summed E-state index contributed by atoms with van der Waals surface area (Å²) < 4.78 is 0. The van der Waals surface area contributed by atoms with Gasteiger partial charge < -0.3 is 15.1 Å². The Kier molecular flexibility index (Phi) is 6.53. The van der Waals surface area contributed by atoms with E-state index in [-0.39, 0.29) is 11.8 Å². The molecule has 1 heterocycles. The quantitative estimate of drug-likeness (QED) is 0.747. The molecule has 2 aromatic rings. The summed E-state index contributed by atoms with van der Waals surface area (Å²) >= 11 is 1.43. The zero-order valence-corrected chi connectivity index (χ0v) is 16.6. The van der Waals surface area contributed by atoms with Crippen LogP contribution < -0.4 is 10.2 Å². The molecule has 0 saturated carbocycles. The van der Waals surface area contributed by atoms with Crippen LogP contribution in [0.1, 0.15) is 15.9 Å². The Morgan fingerprint density at radius 1 is 1.15 bits per heavy atom. The maximum Gasteiger partial charge on any atom is 0.254 e. The minimum absolute atomic E-state index is 0.0210. The molecular weight excluding hydrogens is 358 g/mol. The summed E-state index contributed by atoms with van der Waals surface area (Å²) in [5.41, 5.74) is 2.88. The Morgan fingerprint density at radius 3 is 2.70 bits per heavy atom. The molecule has 27 heavy (non-hydrogen) atoms. The minimum Gasteiger partial charge on any atom is -0.340 e. The number of benzene rings is 2. The number of amides is 2. The fourth-order valence-corrected chi connectivity index (χ4v) is 4.09. The summed E-state index contributed by atoms with van der Waals surface area (Å²) in [5, 5.41) is 3.05. The van der Waals surface area contributed by atoms with Crippen molar-refractivity contribution in [3.05, 3.63) is 59.7 Å². The predicted octanol–water partition coefficient (Wildman–Crippen LogP) is 2.66. The number of nitrogens with zero attached hydrogens (tertiary/aromatic N) is 2. The highest BCUT2D eigenvalue weighted by Gasteiger charge is 2.24. The fraction of sp³-hybridized carbons (Fsp3) is 0.333. The zero-order chi connectivity index (χ0) is 19.2. The van der Waals surface area contributed by atoms with Gasteiger partial charge in [0.25, 0.3) is 5.91 Å². The smallest absolute Gasteiger partial charge is 0.254 e. The third kappa shape index (κ3) is 4.51. The molecule has 0 unspecified atom stereocenters. The van der Waals surface area contributed by atoms with Gasteiger partial charge in [-0.2, -0.15) is 0 Å². The highest BCUT2D eigenvalue weighted by molar-refractivity contribution is 8.00. The highest BCUT2D eigenvalue weighted by atomic mass is 32.2. The lowest BCUT2D eigenvalue weighted by molar-refractivity contribution is -0.116. The number of para-hydroxylation sites is 1. The number of anilines is 1. The average molecular weight is 384 g/mol. The van der Waals surface area contributed by atoms with Crippen molar-refractivity contribution < 1.29 is 9.59 Å². The first-order valence-electron chi connectivity index (χ1n) is 9.12. The highest BCUT2D eigenvalue weighted by Crippen LogP contribution is 2.30. The number of carbonyl (C=O) groups excluding carboxylic acids is 2. The summed E-state index contributed by atoms with van der Waals surface area (Å²) in [6.45, 7) is 2.11. The summed E-state index contributed by atoms with van der Waals surface area (Å²) in [7, 11) is 3.66. The molecule has 0 bridgehead atoms. The van der Waals surface area contributed by atoms with E-state index in [0.717, 1.165) is 30.1 Å². The van der Waals surface area contributed by atoms with Gasteiger partial charge in [0.05, 0.1) is 11.3 Å². The van der Waals surface area contributed by atoms with Crippen LogP contribution in [0.15, 0.2) is 53.4 Å². The Balaban J connectivity index is 1.67. The standard InChI is InChI=1S/C21H25N3O2S/c1-22-12-14-23(2)21(26)17-8-4-6-10-19(17)27-15-20(25)24-13-11-16-7-3-5-9-18(16)24/h3-10,22H,11-15H2,1-2H3. The second-order valence-corrected chi connectivity index (χ2v) is 7.56. The normalized spacial score (nSPS) is 12.7. The first-order valence-corrected chi connectivity index (χ1v) is 10.1. The van der Waals surface area contributed by atoms with Crippen molar-refractivity contribution in [2.24, 2.45) is 0 Å². The van der Waals surface area contributed by atoms with Gasteiger partial charge in [0.2, 0.25) is 5.91 Å². The van der Waals surface area contributed by atoms with E-state index in [4.69, 9.17) is 0 Å². The van der Waals surface area contributed by atoms with E-state index in [1.807, 2.05) is 54.4 Å². The molecule has 0 radical (unpaired) electrons. The average Bonchev–Trinajstić information content (AvgIpc) is 3.14. The van der Waals surface area contributed by atoms with Crippen molar-refractivity contribution >= 4 is 29.3 Å². The minimum atomic E-state index is -0.0210. The Hall–Kier alpha value is -2.31. The number of hydrogen-bond donors (Lipinski definition) is 1. The van der Waals surface area contributed by atoms with Crippen molar-refractivity contribution in [1.29, 1.82) is 0 Å². The van der Waals surface area contributed by atoms with Gasteiger partial charge in [-0.25, -0.2) is 0 Å². The van der Waals surface area contributed by atoms with Crippen LogP contribution in [0.4, 0.5) is 5.69 Å². The molecule has 1 N–H and O–H groups in total. The van der Waals surface area contributed by atoms with E-state index in [1.54, 1.807) is 11.9 Å². The second-order valence-electron chi connectivity index (χ2n) is 6.54. The first-order chi connectivity index (χ1) is 13.1. The summed E-state index contributed by atoms with van der Waals surface area (Å²) in [5.74, 6) is 0.377. The number of thioether (sulfide) groups is 1. The number of hydrogen-bond acceptors (Lipinski definition) is 4. The fourth-order valence-electron chi connectivity index (χ4n) is 3.17. The van der Waals surface area contributed by atoms with Gasteiger partial charge in [-0.1, -0.05) is 30.3 Å². The lowest BCUT2D eigenvalue weighted by atomic mass is 10.2. The Labute approximate surface area is 164 Å². The topological polar surface area (TPSA) is 52.7 Å². The van der Waals surface area contributed by atoms with E-state index in [1.165, 1.54) is 17.3 Å². The third-order valence-electron chi connectivity index (χ3n) is 4.70. The molecule has 5 nitrogen and oxygen atoms in total. The van der Waals surface area contributed by atoms with Crippen LogP contribution in [0.2, 0.25) is 0 Å². The van der Waals surface area contributed by atoms with Crippen LogP contribution in [0.3, 0.4) is 0 Å². The number of rotatable bonds is 7. The van der Waals surface area contributed by atoms with Crippen LogP contribution in [0.25, 0.3) is 0 Å². The molecule has 0 fully saturated rings. The number of fused-ring (bicyclic) bond motifs is 1. The lowest BCUT2D eigenvalue weighted by Crippen LogP contribution is -2.33. The molecule has 1 aliphatic rings. The molecule has 6 heteroatoms. The van der Waals surface area contributed by atoms with E-state index >= 15 is 0 Å². The predicted molar refractivity (Wildman–Crippen MR) is 111 cm³/mol. The van der Waals surface area contributed by atoms with Gasteiger partial charge in [0.15, 0.2) is 0 Å². The van der Waals surface area contributed by atoms with E-state index < -0.39 is 0 Å². The Bertz CT molecular complexity index is 825. The van der Waals surface area contributed by atoms with E-state index in [9.17, 15) is 9.59 Å². The molecular formula is C21H25N3O2S. The van der Waals surface area contributed by atoms with Gasteiger partial charge in [0, 0.05) is 37.3 Å². The molecule has 2 amide bonds. The maximum absolute atomic E-state index is 12.7. The second kappa shape index (κ2) is 9.06. The summed E-state index contributed by atoms with van der Waals surface area (Å²) in [6, 6.07) is 15.6. The van der Waals surface area contributed by atoms with Crippen molar-refractivity contribution in [2.75, 3.05) is 44.4 Å². The van der Waals surface area contributed by atoms with Gasteiger partial charge in [-0.3, -0.25) is 9.59 Å². The largest absolute Gasteiger partial charge is 0.340 e. The van der Waals surface area contributed by atoms with E-state index in [2.05, 4.69) is 11.4 Å². The number of nitrogens with one attached hydrogen (secondary N) is 1. The van der Waals surface area contributed by atoms with Gasteiger partial charge in [-0.15, -0.1) is 11.8 Å². The molecule has 142 valence electrons. The first kappa shape index (κ1) is 19.5. The monoisotopic (exact) mass is 383 g/mol. The van der Waals surface area contributed by atoms with Crippen LogP contribution in [0.5, 0.6) is 0 Å². The van der Waals surface area contributed by atoms with Crippen molar-refractivity contribution in [1.82, 2.24) is 10.2 Å². The maximum atomic E-state index is 12.7. The lowest BCUT2D eigenvalue weighted by Gasteiger charge is -2.20. The van der Waals surface area contributed by atoms with E-state index in [0.29, 0.717) is 17.9 Å². The van der Waals surface area contributed by atoms with Gasteiger partial charge >= 0.3 is 0 Å². The summed E-state index contributed by atoms with van der Waals surface area (Å²) in [6.07, 6.45) is 0.901. The zero-order valence-electron chi connectivity index (χ0n) is 15.8. The SMILES string of the molecule is CNCCN(C)C(=O)c1ccccc1SCC(=O)N1CCc2ccccc21. The van der Waals surface area contributed by atoms with Crippen LogP contribution >= 0.6 is 11.8 Å². The van der Waals surface area contributed by atoms with Crippen molar-refractivity contribution in [3.63, 3.8) is 0 Å². The molecule has 3 rings (SSSR count). The molecule has 1 aliphatic heterocycles. The molecule has 0 saturated heterocycles. The number of carbonyl (C=O) groups is 2. The van der Waals surface area contributed by atoms with Crippen LogP contribution in [-0.2, 0) is 11.2 Å². The number of likely N-dealkylation sites (N-methyl/N-ethyl adjacent to an activating group) is 2. The van der Waals surface area contributed by atoms with Crippen LogP contribution in [-0.4, -0.2) is 56.2 Å².